The molecule has 4 nitrogen and oxygen atoms in total. The molecule has 0 saturated carbocycles. The lowest BCUT2D eigenvalue weighted by Crippen LogP contribution is -2.18. The summed E-state index contributed by atoms with van der Waals surface area (Å²) >= 11 is 0. The molecule has 0 amide bonds. The molecule has 1 rings (SSSR count). The van der Waals surface area contributed by atoms with Gasteiger partial charge in [0.15, 0.2) is 0 Å². The van der Waals surface area contributed by atoms with E-state index in [2.05, 4.69) is 15.9 Å². The predicted molar refractivity (Wildman–Crippen MR) is 48.5 cm³/mol. The van der Waals surface area contributed by atoms with E-state index >= 15 is 0 Å². The van der Waals surface area contributed by atoms with Gasteiger partial charge in [-0.25, -0.2) is 4.98 Å². The molecule has 0 aliphatic rings. The van der Waals surface area contributed by atoms with Gasteiger partial charge in [0.25, 0.3) is 0 Å². The molecule has 12 heavy (non-hydrogen) atoms. The van der Waals surface area contributed by atoms with E-state index in [1.54, 1.807) is 11.1 Å². The summed E-state index contributed by atoms with van der Waals surface area (Å²) in [5.74, 6) is 3.59. The van der Waals surface area contributed by atoms with E-state index in [0.29, 0.717) is 18.2 Å². The van der Waals surface area contributed by atoms with Gasteiger partial charge in [0, 0.05) is 7.05 Å². The maximum atomic E-state index is 5.44. The fraction of sp³-hybridized carbons (Fsp3) is 0.250. The Kier molecular flexibility index (Phi) is 2.49. The number of terminal acetylenes is 1. The van der Waals surface area contributed by atoms with Crippen LogP contribution >= 0.6 is 0 Å². The lowest BCUT2D eigenvalue weighted by Gasteiger charge is -2.13. The van der Waals surface area contributed by atoms with Crippen molar-refractivity contribution in [2.45, 2.75) is 0 Å². The highest BCUT2D eigenvalue weighted by molar-refractivity contribution is 5.41. The van der Waals surface area contributed by atoms with Crippen molar-refractivity contribution in [3.63, 3.8) is 0 Å². The van der Waals surface area contributed by atoms with Gasteiger partial charge in [-0.05, 0) is 0 Å². The van der Waals surface area contributed by atoms with Crippen molar-refractivity contribution in [3.8, 4) is 12.3 Å². The van der Waals surface area contributed by atoms with Crippen LogP contribution in [0.15, 0.2) is 12.4 Å². The van der Waals surface area contributed by atoms with Crippen LogP contribution in [0.1, 0.15) is 0 Å². The third-order valence-electron chi connectivity index (χ3n) is 1.36. The molecule has 2 N–H and O–H groups in total. The average molecular weight is 162 g/mol. The van der Waals surface area contributed by atoms with Gasteiger partial charge in [-0.3, -0.25) is 4.98 Å². The zero-order valence-corrected chi connectivity index (χ0v) is 6.86. The van der Waals surface area contributed by atoms with Crippen LogP contribution in [0, 0.1) is 12.3 Å². The van der Waals surface area contributed by atoms with Gasteiger partial charge in [0.2, 0.25) is 0 Å². The molecule has 1 aromatic rings. The van der Waals surface area contributed by atoms with Crippen molar-refractivity contribution in [2.75, 3.05) is 24.2 Å². The van der Waals surface area contributed by atoms with Crippen LogP contribution in [-0.2, 0) is 0 Å². The molecule has 0 bridgehead atoms. The minimum Gasteiger partial charge on any atom is -0.382 e. The summed E-state index contributed by atoms with van der Waals surface area (Å²) in [6.45, 7) is 0.498. The molecule has 4 heteroatoms. The number of rotatable bonds is 2. The highest BCUT2D eigenvalue weighted by Gasteiger charge is 1.99. The fourth-order valence-corrected chi connectivity index (χ4v) is 0.772. The smallest absolute Gasteiger partial charge is 0.150 e. The lowest BCUT2D eigenvalue weighted by molar-refractivity contribution is 0.992. The summed E-state index contributed by atoms with van der Waals surface area (Å²) in [7, 11) is 1.84. The molecule has 1 heterocycles. The Morgan fingerprint density at radius 2 is 2.42 bits per heavy atom. The number of nitrogens with two attached hydrogens (primary N) is 1. The summed E-state index contributed by atoms with van der Waals surface area (Å²) in [4.78, 5) is 9.72. The first kappa shape index (κ1) is 8.34. The zero-order valence-electron chi connectivity index (χ0n) is 6.86. The fourth-order valence-electron chi connectivity index (χ4n) is 0.772. The standard InChI is InChI=1S/C8H10N4/c1-3-4-12(2)8-6-10-5-7(9)11-8/h1,5-6H,4H2,2H3,(H2,9,11). The van der Waals surface area contributed by atoms with Crippen molar-refractivity contribution in [2.24, 2.45) is 0 Å². The minimum atomic E-state index is 0.399. The molecule has 0 aliphatic heterocycles. The maximum absolute atomic E-state index is 5.44. The van der Waals surface area contributed by atoms with E-state index in [-0.39, 0.29) is 0 Å². The van der Waals surface area contributed by atoms with Crippen LogP contribution in [0.3, 0.4) is 0 Å². The van der Waals surface area contributed by atoms with Crippen LogP contribution in [0.25, 0.3) is 0 Å². The summed E-state index contributed by atoms with van der Waals surface area (Å²) in [5, 5.41) is 0. The molecule has 0 fully saturated rings. The minimum absolute atomic E-state index is 0.399. The van der Waals surface area contributed by atoms with E-state index in [4.69, 9.17) is 12.2 Å². The van der Waals surface area contributed by atoms with Crippen molar-refractivity contribution in [3.05, 3.63) is 12.4 Å². The van der Waals surface area contributed by atoms with E-state index in [0.717, 1.165) is 0 Å². The largest absolute Gasteiger partial charge is 0.382 e. The first-order valence-corrected chi connectivity index (χ1v) is 3.46. The zero-order chi connectivity index (χ0) is 8.97. The molecule has 62 valence electrons. The summed E-state index contributed by atoms with van der Waals surface area (Å²) in [6.07, 6.45) is 8.25. The molecular formula is C8H10N4. The van der Waals surface area contributed by atoms with Crippen LogP contribution in [0.2, 0.25) is 0 Å². The Balaban J connectivity index is 2.82. The van der Waals surface area contributed by atoms with Gasteiger partial charge in [-0.1, -0.05) is 5.92 Å². The number of nitrogen functional groups attached to an aromatic ring is 1. The Morgan fingerprint density at radius 1 is 1.67 bits per heavy atom. The molecule has 0 radical (unpaired) electrons. The van der Waals surface area contributed by atoms with Crippen molar-refractivity contribution < 1.29 is 0 Å². The van der Waals surface area contributed by atoms with Crippen molar-refractivity contribution in [1.82, 2.24) is 9.97 Å². The van der Waals surface area contributed by atoms with E-state index < -0.39 is 0 Å². The highest BCUT2D eigenvalue weighted by atomic mass is 15.2. The Bertz CT molecular complexity index is 302. The van der Waals surface area contributed by atoms with E-state index in [1.807, 2.05) is 7.05 Å². The summed E-state index contributed by atoms with van der Waals surface area (Å²) in [5.41, 5.74) is 5.44. The number of nitrogens with zero attached hydrogens (tertiary/aromatic N) is 3. The Labute approximate surface area is 71.4 Å². The first-order valence-electron chi connectivity index (χ1n) is 3.46. The maximum Gasteiger partial charge on any atom is 0.150 e. The van der Waals surface area contributed by atoms with Crippen LogP contribution in [-0.4, -0.2) is 23.6 Å². The van der Waals surface area contributed by atoms with Gasteiger partial charge >= 0.3 is 0 Å². The monoisotopic (exact) mass is 162 g/mol. The first-order chi connectivity index (χ1) is 5.74. The number of anilines is 2. The second-order valence-electron chi connectivity index (χ2n) is 2.36. The van der Waals surface area contributed by atoms with Crippen LogP contribution in [0.5, 0.6) is 0 Å². The number of hydrogen-bond acceptors (Lipinski definition) is 4. The van der Waals surface area contributed by atoms with Crippen LogP contribution < -0.4 is 10.6 Å². The molecule has 0 atom stereocenters. The molecular weight excluding hydrogens is 152 g/mol. The topological polar surface area (TPSA) is 55.0 Å². The van der Waals surface area contributed by atoms with Gasteiger partial charge in [0.05, 0.1) is 18.9 Å². The van der Waals surface area contributed by atoms with E-state index in [9.17, 15) is 0 Å². The molecule has 0 aromatic carbocycles. The molecule has 1 aromatic heterocycles. The second-order valence-corrected chi connectivity index (χ2v) is 2.36. The average Bonchev–Trinajstić information content (AvgIpc) is 2.05. The van der Waals surface area contributed by atoms with E-state index in [1.165, 1.54) is 6.20 Å². The normalized spacial score (nSPS) is 9.00. The van der Waals surface area contributed by atoms with Crippen LogP contribution in [0.4, 0.5) is 11.6 Å². The second kappa shape index (κ2) is 3.58. The quantitative estimate of drug-likeness (QED) is 0.628. The van der Waals surface area contributed by atoms with Gasteiger partial charge in [0.1, 0.15) is 11.6 Å². The highest BCUT2D eigenvalue weighted by Crippen LogP contribution is 2.06. The van der Waals surface area contributed by atoms with Crippen molar-refractivity contribution >= 4 is 11.6 Å². The third kappa shape index (κ3) is 1.86. The SMILES string of the molecule is C#CCN(C)c1cncc(N)n1. The van der Waals surface area contributed by atoms with Gasteiger partial charge in [-0.15, -0.1) is 6.42 Å². The van der Waals surface area contributed by atoms with Gasteiger partial charge < -0.3 is 10.6 Å². The Morgan fingerprint density at radius 3 is 3.00 bits per heavy atom. The number of aromatic nitrogens is 2. The summed E-state index contributed by atoms with van der Waals surface area (Å²) in [6, 6.07) is 0. The predicted octanol–water partition coefficient (Wildman–Crippen LogP) is 0.128. The molecule has 0 unspecified atom stereocenters. The third-order valence-corrected chi connectivity index (χ3v) is 1.36. The van der Waals surface area contributed by atoms with Gasteiger partial charge in [-0.2, -0.15) is 0 Å². The lowest BCUT2D eigenvalue weighted by atomic mass is 10.5. The Hall–Kier alpha value is -1.76. The molecule has 0 saturated heterocycles. The summed E-state index contributed by atoms with van der Waals surface area (Å²) < 4.78 is 0. The molecule has 0 spiro atoms. The van der Waals surface area contributed by atoms with Crippen molar-refractivity contribution in [1.29, 1.82) is 0 Å². The number of hydrogen-bond donors (Lipinski definition) is 1. The molecule has 0 aliphatic carbocycles.